The molecule has 1 amide bonds. The Hall–Kier alpha value is -2.40. The molecule has 5 rings (SSSR count). The molecule has 5 nitrogen and oxygen atoms in total. The maximum absolute atomic E-state index is 13.5. The molecule has 1 spiro atoms. The Kier molecular flexibility index (Phi) is 3.60. The van der Waals surface area contributed by atoms with Crippen LogP contribution in [0.4, 0.5) is 0 Å². The summed E-state index contributed by atoms with van der Waals surface area (Å²) in [6.45, 7) is 0.974. The lowest BCUT2D eigenvalue weighted by molar-refractivity contribution is -0.140. The van der Waals surface area contributed by atoms with Crippen molar-refractivity contribution in [3.05, 3.63) is 64.4 Å². The number of aromatic nitrogens is 1. The lowest BCUT2D eigenvalue weighted by Gasteiger charge is -2.43. The van der Waals surface area contributed by atoms with Crippen molar-refractivity contribution in [1.29, 1.82) is 0 Å². The highest BCUT2D eigenvalue weighted by Gasteiger charge is 2.55. The summed E-state index contributed by atoms with van der Waals surface area (Å²) < 4.78 is 5.73. The van der Waals surface area contributed by atoms with Crippen molar-refractivity contribution >= 4 is 23.5 Å². The second-order valence-corrected chi connectivity index (χ2v) is 8.14. The fourth-order valence-electron chi connectivity index (χ4n) is 4.70. The van der Waals surface area contributed by atoms with E-state index in [9.17, 15) is 9.59 Å². The van der Waals surface area contributed by atoms with E-state index in [1.165, 1.54) is 0 Å². The number of benzene rings is 1. The van der Waals surface area contributed by atoms with Gasteiger partial charge in [-0.2, -0.15) is 0 Å². The van der Waals surface area contributed by atoms with Crippen LogP contribution in [0.5, 0.6) is 0 Å². The largest absolute Gasteiger partial charge is 0.447 e. The first-order valence-corrected chi connectivity index (χ1v) is 9.66. The third-order valence-corrected chi connectivity index (χ3v) is 6.56. The van der Waals surface area contributed by atoms with Crippen molar-refractivity contribution < 1.29 is 14.3 Å². The molecule has 1 saturated heterocycles. The van der Waals surface area contributed by atoms with Crippen molar-refractivity contribution in [2.75, 3.05) is 13.1 Å². The number of hydrogen-bond acceptors (Lipinski definition) is 4. The normalized spacial score (nSPS) is 25.2. The van der Waals surface area contributed by atoms with E-state index in [2.05, 4.69) is 4.98 Å². The van der Waals surface area contributed by atoms with Crippen LogP contribution < -0.4 is 0 Å². The van der Waals surface area contributed by atoms with E-state index in [0.717, 1.165) is 30.4 Å². The minimum absolute atomic E-state index is 0.126. The lowest BCUT2D eigenvalue weighted by Crippen LogP contribution is -2.51. The minimum Gasteiger partial charge on any atom is -0.447 e. The van der Waals surface area contributed by atoms with Gasteiger partial charge in [-0.3, -0.25) is 4.79 Å². The number of likely N-dealkylation sites (tertiary alicyclic amines) is 1. The molecule has 2 aliphatic heterocycles. The fourth-order valence-corrected chi connectivity index (χ4v) is 4.83. The molecule has 1 saturated carbocycles. The number of pyridine rings is 1. The summed E-state index contributed by atoms with van der Waals surface area (Å²) in [5.41, 5.74) is 0.981. The molecular weight excluding hydrogens is 364 g/mol. The van der Waals surface area contributed by atoms with Gasteiger partial charge in [0.25, 0.3) is 0 Å². The van der Waals surface area contributed by atoms with Crippen LogP contribution in [0.25, 0.3) is 0 Å². The molecule has 2 fully saturated rings. The van der Waals surface area contributed by atoms with E-state index in [4.69, 9.17) is 16.3 Å². The highest BCUT2D eigenvalue weighted by atomic mass is 35.5. The van der Waals surface area contributed by atoms with Crippen molar-refractivity contribution in [2.24, 2.45) is 0 Å². The molecule has 1 aromatic carbocycles. The average Bonchev–Trinajstić information content (AvgIpc) is 3.18. The zero-order valence-electron chi connectivity index (χ0n) is 14.8. The number of fused-ring (bicyclic) bond motifs is 2. The van der Waals surface area contributed by atoms with Gasteiger partial charge < -0.3 is 9.64 Å². The summed E-state index contributed by atoms with van der Waals surface area (Å²) in [6, 6.07) is 11.3. The van der Waals surface area contributed by atoms with E-state index in [1.54, 1.807) is 6.20 Å². The quantitative estimate of drug-likeness (QED) is 0.746. The van der Waals surface area contributed by atoms with Crippen LogP contribution in [0.3, 0.4) is 0 Å². The van der Waals surface area contributed by atoms with E-state index in [0.29, 0.717) is 30.2 Å². The zero-order valence-corrected chi connectivity index (χ0v) is 15.5. The van der Waals surface area contributed by atoms with Gasteiger partial charge in [0.1, 0.15) is 0 Å². The molecule has 3 heterocycles. The van der Waals surface area contributed by atoms with Gasteiger partial charge in [0.05, 0.1) is 12.0 Å². The number of hydrogen-bond donors (Lipinski definition) is 0. The zero-order chi connectivity index (χ0) is 18.6. The molecule has 0 bridgehead atoms. The number of nitrogens with zero attached hydrogens (tertiary/aromatic N) is 2. The predicted molar refractivity (Wildman–Crippen MR) is 99.5 cm³/mol. The van der Waals surface area contributed by atoms with Gasteiger partial charge in [0, 0.05) is 29.7 Å². The minimum atomic E-state index is -0.749. The molecule has 1 atom stereocenters. The number of amides is 1. The van der Waals surface area contributed by atoms with Gasteiger partial charge in [0.2, 0.25) is 5.91 Å². The number of ether oxygens (including phenoxy) is 1. The Bertz CT molecular complexity index is 939. The Labute approximate surface area is 162 Å². The number of carbonyl (C=O) groups excluding carboxylic acids is 2. The third-order valence-electron chi connectivity index (χ3n) is 6.31. The first-order valence-electron chi connectivity index (χ1n) is 9.28. The number of carbonyl (C=O) groups is 2. The first kappa shape index (κ1) is 16.8. The van der Waals surface area contributed by atoms with Crippen LogP contribution in [0, 0.1) is 0 Å². The molecule has 27 heavy (non-hydrogen) atoms. The summed E-state index contributed by atoms with van der Waals surface area (Å²) in [7, 11) is 0. The monoisotopic (exact) mass is 382 g/mol. The van der Waals surface area contributed by atoms with E-state index in [-0.39, 0.29) is 5.91 Å². The standard InChI is InChI=1S/C21H19ClN2O3/c22-15-6-4-14(5-7-15)20(8-2-9-20)19(26)24-12-10-21(13-24)16-3-1-11-23-17(16)18(25)27-21/h1,3-7,11H,2,8-10,12-13H2. The summed E-state index contributed by atoms with van der Waals surface area (Å²) in [6.07, 6.45) is 4.93. The van der Waals surface area contributed by atoms with Gasteiger partial charge in [-0.25, -0.2) is 9.78 Å². The van der Waals surface area contributed by atoms with Gasteiger partial charge in [-0.05, 0) is 36.6 Å². The number of halogens is 1. The second-order valence-electron chi connectivity index (χ2n) is 7.70. The number of rotatable bonds is 2. The molecule has 1 unspecified atom stereocenters. The van der Waals surface area contributed by atoms with Gasteiger partial charge >= 0.3 is 5.97 Å². The van der Waals surface area contributed by atoms with Gasteiger partial charge in [-0.15, -0.1) is 0 Å². The first-order chi connectivity index (χ1) is 13.0. The predicted octanol–water partition coefficient (Wildman–Crippen LogP) is 3.45. The maximum Gasteiger partial charge on any atom is 0.358 e. The summed E-state index contributed by atoms with van der Waals surface area (Å²) in [5.74, 6) is -0.266. The average molecular weight is 383 g/mol. The highest BCUT2D eigenvalue weighted by molar-refractivity contribution is 6.30. The SMILES string of the molecule is O=C1OC2(CCN(C(=O)C3(c4ccc(Cl)cc4)CCC3)C2)c2cccnc21. The molecule has 138 valence electrons. The summed E-state index contributed by atoms with van der Waals surface area (Å²) in [5, 5.41) is 0.669. The molecule has 0 N–H and O–H groups in total. The summed E-state index contributed by atoms with van der Waals surface area (Å²) in [4.78, 5) is 31.8. The molecule has 1 aromatic heterocycles. The van der Waals surface area contributed by atoms with E-state index in [1.807, 2.05) is 41.3 Å². The van der Waals surface area contributed by atoms with Gasteiger partial charge in [-0.1, -0.05) is 36.2 Å². The molecule has 2 aromatic rings. The lowest BCUT2D eigenvalue weighted by atomic mass is 9.63. The third kappa shape index (κ3) is 2.34. The van der Waals surface area contributed by atoms with Crippen LogP contribution >= 0.6 is 11.6 Å². The Balaban J connectivity index is 1.44. The van der Waals surface area contributed by atoms with Crippen LogP contribution in [-0.2, 0) is 20.5 Å². The Morgan fingerprint density at radius 3 is 2.63 bits per heavy atom. The van der Waals surface area contributed by atoms with Crippen molar-refractivity contribution in [2.45, 2.75) is 36.7 Å². The fraction of sp³-hybridized carbons (Fsp3) is 0.381. The Morgan fingerprint density at radius 2 is 1.93 bits per heavy atom. The van der Waals surface area contributed by atoms with E-state index < -0.39 is 17.0 Å². The molecule has 1 aliphatic carbocycles. The second kappa shape index (κ2) is 5.80. The summed E-state index contributed by atoms with van der Waals surface area (Å²) >= 11 is 6.02. The van der Waals surface area contributed by atoms with Crippen LogP contribution in [0.2, 0.25) is 5.02 Å². The van der Waals surface area contributed by atoms with Crippen LogP contribution in [0.1, 0.15) is 47.3 Å². The van der Waals surface area contributed by atoms with Crippen molar-refractivity contribution in [3.63, 3.8) is 0 Å². The smallest absolute Gasteiger partial charge is 0.358 e. The topological polar surface area (TPSA) is 59.5 Å². The molecule has 0 radical (unpaired) electrons. The Morgan fingerprint density at radius 1 is 1.15 bits per heavy atom. The highest BCUT2D eigenvalue weighted by Crippen LogP contribution is 2.48. The molecule has 3 aliphatic rings. The van der Waals surface area contributed by atoms with Crippen molar-refractivity contribution in [3.8, 4) is 0 Å². The van der Waals surface area contributed by atoms with Crippen LogP contribution in [0.15, 0.2) is 42.6 Å². The van der Waals surface area contributed by atoms with Gasteiger partial charge in [0.15, 0.2) is 11.3 Å². The molecular formula is C21H19ClN2O3. The number of esters is 1. The maximum atomic E-state index is 13.5. The van der Waals surface area contributed by atoms with E-state index >= 15 is 0 Å². The molecule has 6 heteroatoms. The van der Waals surface area contributed by atoms with Crippen LogP contribution in [-0.4, -0.2) is 34.8 Å². The van der Waals surface area contributed by atoms with Crippen molar-refractivity contribution in [1.82, 2.24) is 9.88 Å².